The fraction of sp³-hybridized carbons (Fsp3) is 0.545. The summed E-state index contributed by atoms with van der Waals surface area (Å²) in [4.78, 5) is 50.6. The summed E-state index contributed by atoms with van der Waals surface area (Å²) in [5.41, 5.74) is 0.835. The number of nitrogens with zero attached hydrogens (tertiary/aromatic N) is 1. The number of hydrogen-bond donors (Lipinski definition) is 2. The van der Waals surface area contributed by atoms with Crippen molar-refractivity contribution >= 4 is 23.9 Å². The second kappa shape index (κ2) is 11.9. The van der Waals surface area contributed by atoms with Gasteiger partial charge in [0.25, 0.3) is 0 Å². The third-order valence-corrected chi connectivity index (χ3v) is 4.98. The van der Waals surface area contributed by atoms with Crippen LogP contribution in [0.15, 0.2) is 30.3 Å². The lowest BCUT2D eigenvalue weighted by molar-refractivity contribution is -0.146. The molecule has 0 aliphatic carbocycles. The van der Waals surface area contributed by atoms with E-state index in [2.05, 4.69) is 10.6 Å². The van der Waals surface area contributed by atoms with E-state index in [1.807, 2.05) is 44.2 Å². The van der Waals surface area contributed by atoms with Gasteiger partial charge in [-0.25, -0.2) is 9.59 Å². The van der Waals surface area contributed by atoms with E-state index >= 15 is 0 Å². The lowest BCUT2D eigenvalue weighted by Crippen LogP contribution is -2.52. The van der Waals surface area contributed by atoms with E-state index in [0.717, 1.165) is 5.56 Å². The van der Waals surface area contributed by atoms with Crippen LogP contribution in [0.5, 0.6) is 0 Å². The zero-order valence-corrected chi connectivity index (χ0v) is 18.3. The fourth-order valence-corrected chi connectivity index (χ4v) is 3.46. The van der Waals surface area contributed by atoms with Gasteiger partial charge in [-0.3, -0.25) is 9.59 Å². The summed E-state index contributed by atoms with van der Waals surface area (Å²) in [6.07, 6.45) is 0.884. The van der Waals surface area contributed by atoms with Gasteiger partial charge < -0.3 is 25.0 Å². The topological polar surface area (TPSA) is 114 Å². The van der Waals surface area contributed by atoms with Crippen LogP contribution in [0.1, 0.15) is 38.7 Å². The molecule has 1 aliphatic rings. The van der Waals surface area contributed by atoms with E-state index < -0.39 is 30.1 Å². The van der Waals surface area contributed by atoms with Crippen LogP contribution in [0.3, 0.4) is 0 Å². The van der Waals surface area contributed by atoms with Crippen LogP contribution in [0.2, 0.25) is 0 Å². The van der Waals surface area contributed by atoms with Crippen molar-refractivity contribution in [1.29, 1.82) is 0 Å². The highest BCUT2D eigenvalue weighted by atomic mass is 16.5. The number of carbonyl (C=O) groups excluding carboxylic acids is 4. The number of ether oxygens (including phenoxy) is 2. The molecule has 0 aromatic heterocycles. The van der Waals surface area contributed by atoms with E-state index in [-0.39, 0.29) is 25.0 Å². The lowest BCUT2D eigenvalue weighted by Gasteiger charge is -2.26. The van der Waals surface area contributed by atoms with Gasteiger partial charge in [-0.2, -0.15) is 0 Å². The Hall–Kier alpha value is -3.10. The van der Waals surface area contributed by atoms with Crippen molar-refractivity contribution in [3.05, 3.63) is 35.9 Å². The smallest absolute Gasteiger partial charge is 0.407 e. The summed E-state index contributed by atoms with van der Waals surface area (Å²) < 4.78 is 9.87. The molecule has 1 aliphatic heterocycles. The molecule has 2 rings (SSSR count). The predicted octanol–water partition coefficient (Wildman–Crippen LogP) is 1.61. The molecule has 0 bridgehead atoms. The summed E-state index contributed by atoms with van der Waals surface area (Å²) >= 11 is 0. The molecular weight excluding hydrogens is 402 g/mol. The minimum Gasteiger partial charge on any atom is -0.467 e. The molecule has 170 valence electrons. The molecule has 0 radical (unpaired) electrons. The molecular formula is C22H31N3O6. The highest BCUT2D eigenvalue weighted by molar-refractivity contribution is 5.92. The summed E-state index contributed by atoms with van der Waals surface area (Å²) in [5, 5.41) is 5.13. The Morgan fingerprint density at radius 2 is 1.87 bits per heavy atom. The molecule has 0 spiro atoms. The number of carbonyl (C=O) groups is 4. The van der Waals surface area contributed by atoms with Crippen molar-refractivity contribution in [1.82, 2.24) is 15.5 Å². The van der Waals surface area contributed by atoms with Crippen molar-refractivity contribution in [2.24, 2.45) is 5.92 Å². The second-order valence-corrected chi connectivity index (χ2v) is 7.87. The Kier molecular flexibility index (Phi) is 9.30. The number of methoxy groups -OCH3 is 1. The number of rotatable bonds is 9. The first kappa shape index (κ1) is 24.2. The first-order valence-electron chi connectivity index (χ1n) is 10.4. The summed E-state index contributed by atoms with van der Waals surface area (Å²) in [6.45, 7) is 4.11. The predicted molar refractivity (Wildman–Crippen MR) is 113 cm³/mol. The molecule has 1 aromatic carbocycles. The van der Waals surface area contributed by atoms with Gasteiger partial charge in [-0.05, 0) is 30.7 Å². The molecule has 1 aromatic rings. The van der Waals surface area contributed by atoms with Crippen LogP contribution in [-0.4, -0.2) is 61.1 Å². The van der Waals surface area contributed by atoms with Crippen molar-refractivity contribution in [2.75, 3.05) is 20.2 Å². The van der Waals surface area contributed by atoms with E-state index in [4.69, 9.17) is 9.47 Å². The number of amides is 3. The highest BCUT2D eigenvalue weighted by Gasteiger charge is 2.36. The molecule has 3 amide bonds. The Bertz CT molecular complexity index is 768. The molecule has 31 heavy (non-hydrogen) atoms. The highest BCUT2D eigenvalue weighted by Crippen LogP contribution is 2.18. The average Bonchev–Trinajstić information content (AvgIpc) is 3.25. The quantitative estimate of drug-likeness (QED) is 0.572. The second-order valence-electron chi connectivity index (χ2n) is 7.87. The zero-order chi connectivity index (χ0) is 22.8. The van der Waals surface area contributed by atoms with Gasteiger partial charge in [0.1, 0.15) is 25.2 Å². The van der Waals surface area contributed by atoms with E-state index in [9.17, 15) is 19.2 Å². The number of alkyl carbamates (subject to hydrolysis) is 1. The molecule has 9 heteroatoms. The maximum Gasteiger partial charge on any atom is 0.407 e. The van der Waals surface area contributed by atoms with E-state index in [1.165, 1.54) is 12.0 Å². The number of hydrogen-bond acceptors (Lipinski definition) is 6. The summed E-state index contributed by atoms with van der Waals surface area (Å²) in [5.74, 6) is -1.11. The molecule has 1 heterocycles. The minimum atomic E-state index is -0.763. The van der Waals surface area contributed by atoms with Gasteiger partial charge in [-0.1, -0.05) is 44.2 Å². The molecule has 2 atom stereocenters. The van der Waals surface area contributed by atoms with Crippen molar-refractivity contribution in [3.8, 4) is 0 Å². The Morgan fingerprint density at radius 3 is 2.52 bits per heavy atom. The minimum absolute atomic E-state index is 0.0976. The fourth-order valence-electron chi connectivity index (χ4n) is 3.46. The lowest BCUT2D eigenvalue weighted by atomic mass is 10.0. The molecule has 2 N–H and O–H groups in total. The van der Waals surface area contributed by atoms with Gasteiger partial charge >= 0.3 is 12.1 Å². The Balaban J connectivity index is 1.85. The SMILES string of the molecule is COC(=O)[C@H](CC(C)C)NC(=O)[C@@H]1CCCN1C(=O)CNC(=O)OCc1ccccc1. The van der Waals surface area contributed by atoms with Gasteiger partial charge in [0.2, 0.25) is 11.8 Å². The van der Waals surface area contributed by atoms with E-state index in [0.29, 0.717) is 25.8 Å². The molecule has 1 saturated heterocycles. The Labute approximate surface area is 182 Å². The van der Waals surface area contributed by atoms with Gasteiger partial charge in [0.05, 0.1) is 7.11 Å². The van der Waals surface area contributed by atoms with Gasteiger partial charge in [0.15, 0.2) is 0 Å². The first-order valence-corrected chi connectivity index (χ1v) is 10.4. The van der Waals surface area contributed by atoms with Crippen molar-refractivity contribution < 1.29 is 28.7 Å². The number of benzene rings is 1. The molecule has 0 unspecified atom stereocenters. The van der Waals surface area contributed by atoms with Crippen LogP contribution in [0.4, 0.5) is 4.79 Å². The third-order valence-electron chi connectivity index (χ3n) is 4.98. The van der Waals surface area contributed by atoms with Crippen LogP contribution in [0, 0.1) is 5.92 Å². The standard InChI is InChI=1S/C22H31N3O6/c1-15(2)12-17(21(28)30-3)24-20(27)18-10-7-11-25(18)19(26)13-23-22(29)31-14-16-8-5-4-6-9-16/h4-6,8-9,15,17-18H,7,10-14H2,1-3H3,(H,23,29)(H,24,27)/t17-,18-/m0/s1. The normalized spacial score (nSPS) is 16.5. The molecule has 9 nitrogen and oxygen atoms in total. The summed E-state index contributed by atoms with van der Waals surface area (Å²) in [6, 6.07) is 7.74. The van der Waals surface area contributed by atoms with Crippen LogP contribution in [-0.2, 0) is 30.5 Å². The van der Waals surface area contributed by atoms with Crippen molar-refractivity contribution in [2.45, 2.75) is 51.8 Å². The van der Waals surface area contributed by atoms with Crippen LogP contribution >= 0.6 is 0 Å². The maximum absolute atomic E-state index is 12.7. The van der Waals surface area contributed by atoms with Gasteiger partial charge in [0, 0.05) is 6.54 Å². The monoisotopic (exact) mass is 433 g/mol. The average molecular weight is 434 g/mol. The Morgan fingerprint density at radius 1 is 1.16 bits per heavy atom. The number of nitrogens with one attached hydrogen (secondary N) is 2. The van der Waals surface area contributed by atoms with Gasteiger partial charge in [-0.15, -0.1) is 0 Å². The number of esters is 1. The van der Waals surface area contributed by atoms with Crippen LogP contribution in [0.25, 0.3) is 0 Å². The third kappa shape index (κ3) is 7.58. The van der Waals surface area contributed by atoms with E-state index in [1.54, 1.807) is 0 Å². The zero-order valence-electron chi connectivity index (χ0n) is 18.3. The first-order chi connectivity index (χ1) is 14.8. The number of likely N-dealkylation sites (tertiary alicyclic amines) is 1. The maximum atomic E-state index is 12.7. The van der Waals surface area contributed by atoms with Crippen LogP contribution < -0.4 is 10.6 Å². The summed E-state index contributed by atoms with van der Waals surface area (Å²) in [7, 11) is 1.27. The van der Waals surface area contributed by atoms with Crippen molar-refractivity contribution in [3.63, 3.8) is 0 Å². The molecule has 0 saturated carbocycles. The molecule has 1 fully saturated rings. The largest absolute Gasteiger partial charge is 0.467 e.